The zero-order valence-corrected chi connectivity index (χ0v) is 12.3. The van der Waals surface area contributed by atoms with Crippen LogP contribution >= 0.6 is 11.3 Å². The van der Waals surface area contributed by atoms with E-state index >= 15 is 0 Å². The highest BCUT2D eigenvalue weighted by Gasteiger charge is 2.18. The Labute approximate surface area is 120 Å². The Morgan fingerprint density at radius 1 is 1.50 bits per heavy atom. The summed E-state index contributed by atoms with van der Waals surface area (Å²) < 4.78 is 6.20. The van der Waals surface area contributed by atoms with Gasteiger partial charge in [-0.15, -0.1) is 11.3 Å². The molecule has 0 aliphatic heterocycles. The molecule has 0 unspecified atom stereocenters. The van der Waals surface area contributed by atoms with E-state index < -0.39 is 5.97 Å². The van der Waals surface area contributed by atoms with Crippen LogP contribution in [0.15, 0.2) is 17.5 Å². The third kappa shape index (κ3) is 2.72. The van der Waals surface area contributed by atoms with Gasteiger partial charge in [0, 0.05) is 7.05 Å². The Morgan fingerprint density at radius 3 is 2.85 bits per heavy atom. The normalized spacial score (nSPS) is 10.3. The largest absolute Gasteiger partial charge is 0.465 e. The Bertz CT molecular complexity index is 645. The number of hydrogen-bond acceptors (Lipinski definition) is 5. The van der Waals surface area contributed by atoms with E-state index in [0.717, 1.165) is 12.1 Å². The number of rotatable bonds is 4. The molecule has 20 heavy (non-hydrogen) atoms. The number of aromatic nitrogens is 2. The molecule has 0 bridgehead atoms. The highest BCUT2D eigenvalue weighted by molar-refractivity contribution is 7.12. The molecule has 0 aliphatic rings. The minimum atomic E-state index is -0.463. The van der Waals surface area contributed by atoms with E-state index in [1.165, 1.54) is 23.1 Å². The second-order valence-electron chi connectivity index (χ2n) is 4.11. The maximum absolute atomic E-state index is 12.2. The highest BCUT2D eigenvalue weighted by Crippen LogP contribution is 2.23. The fourth-order valence-corrected chi connectivity index (χ4v) is 2.52. The smallest absolute Gasteiger partial charge is 0.350 e. The van der Waals surface area contributed by atoms with E-state index in [1.54, 1.807) is 24.6 Å². The van der Waals surface area contributed by atoms with Crippen LogP contribution in [0.4, 0.5) is 5.69 Å². The number of esters is 1. The molecule has 0 spiro atoms. The lowest BCUT2D eigenvalue weighted by Crippen LogP contribution is -2.17. The second kappa shape index (κ2) is 5.87. The summed E-state index contributed by atoms with van der Waals surface area (Å²) >= 11 is 1.22. The predicted molar refractivity (Wildman–Crippen MR) is 76.2 cm³/mol. The fourth-order valence-electron chi connectivity index (χ4n) is 1.76. The molecule has 2 aromatic heterocycles. The lowest BCUT2D eigenvalue weighted by molar-refractivity contribution is 0.0607. The van der Waals surface area contributed by atoms with Crippen molar-refractivity contribution in [2.24, 2.45) is 7.05 Å². The molecule has 1 amide bonds. The van der Waals surface area contributed by atoms with Crippen molar-refractivity contribution in [1.29, 1.82) is 0 Å². The zero-order valence-electron chi connectivity index (χ0n) is 11.5. The number of aryl methyl sites for hydroxylation is 2. The molecule has 0 atom stereocenters. The van der Waals surface area contributed by atoms with E-state index in [0.29, 0.717) is 16.3 Å². The molecule has 0 fully saturated rings. The first kappa shape index (κ1) is 14.3. The molecule has 6 nitrogen and oxygen atoms in total. The van der Waals surface area contributed by atoms with Crippen molar-refractivity contribution >= 4 is 28.9 Å². The summed E-state index contributed by atoms with van der Waals surface area (Å²) in [5.41, 5.74) is 1.74. The number of amides is 1. The van der Waals surface area contributed by atoms with Gasteiger partial charge in [0.25, 0.3) is 5.91 Å². The van der Waals surface area contributed by atoms with Crippen LogP contribution in [0.2, 0.25) is 0 Å². The molecule has 0 aromatic carbocycles. The van der Waals surface area contributed by atoms with Crippen LogP contribution in [-0.2, 0) is 18.2 Å². The lowest BCUT2D eigenvalue weighted by Gasteiger charge is -2.05. The summed E-state index contributed by atoms with van der Waals surface area (Å²) in [6.07, 6.45) is 0.757. The van der Waals surface area contributed by atoms with E-state index in [1.807, 2.05) is 6.92 Å². The molecule has 7 heteroatoms. The van der Waals surface area contributed by atoms with Gasteiger partial charge in [-0.05, 0) is 23.9 Å². The molecular weight excluding hydrogens is 278 g/mol. The first-order valence-corrected chi connectivity index (χ1v) is 6.94. The van der Waals surface area contributed by atoms with Gasteiger partial charge in [0.15, 0.2) is 0 Å². The van der Waals surface area contributed by atoms with Crippen LogP contribution in [-0.4, -0.2) is 28.8 Å². The van der Waals surface area contributed by atoms with Gasteiger partial charge in [-0.1, -0.05) is 6.92 Å². The number of carbonyl (C=O) groups is 2. The summed E-state index contributed by atoms with van der Waals surface area (Å²) in [7, 11) is 3.02. The van der Waals surface area contributed by atoms with Gasteiger partial charge in [0.1, 0.15) is 10.6 Å². The number of carbonyl (C=O) groups excluding carboxylic acids is 2. The highest BCUT2D eigenvalue weighted by atomic mass is 32.1. The molecule has 0 saturated carbocycles. The number of methoxy groups -OCH3 is 1. The van der Waals surface area contributed by atoms with E-state index in [-0.39, 0.29) is 5.91 Å². The monoisotopic (exact) mass is 293 g/mol. The Balaban J connectivity index is 2.21. The molecule has 2 heterocycles. The number of hydrogen-bond donors (Lipinski definition) is 1. The van der Waals surface area contributed by atoms with Crippen LogP contribution < -0.4 is 5.32 Å². The molecular formula is C13H15N3O3S. The number of thiophene rings is 1. The van der Waals surface area contributed by atoms with Gasteiger partial charge in [-0.25, -0.2) is 4.79 Å². The van der Waals surface area contributed by atoms with Crippen molar-refractivity contribution in [3.05, 3.63) is 33.8 Å². The van der Waals surface area contributed by atoms with Gasteiger partial charge in [-0.3, -0.25) is 9.48 Å². The SMILES string of the molecule is CCc1cc(C(=O)Nc2ccsc2C(=O)OC)n(C)n1. The van der Waals surface area contributed by atoms with Crippen LogP contribution in [0.5, 0.6) is 0 Å². The molecule has 0 saturated heterocycles. The van der Waals surface area contributed by atoms with Crippen molar-refractivity contribution < 1.29 is 14.3 Å². The van der Waals surface area contributed by atoms with Crippen molar-refractivity contribution in [1.82, 2.24) is 9.78 Å². The molecule has 0 aliphatic carbocycles. The molecule has 2 rings (SSSR count). The summed E-state index contributed by atoms with van der Waals surface area (Å²) in [5.74, 6) is -0.766. The van der Waals surface area contributed by atoms with Crippen molar-refractivity contribution in [3.63, 3.8) is 0 Å². The van der Waals surface area contributed by atoms with Gasteiger partial charge in [0.05, 0.1) is 18.5 Å². The van der Waals surface area contributed by atoms with Crippen molar-refractivity contribution in [3.8, 4) is 0 Å². The van der Waals surface area contributed by atoms with Gasteiger partial charge in [-0.2, -0.15) is 5.10 Å². The maximum Gasteiger partial charge on any atom is 0.350 e. The topological polar surface area (TPSA) is 73.2 Å². The number of nitrogens with zero attached hydrogens (tertiary/aromatic N) is 2. The van der Waals surface area contributed by atoms with Crippen LogP contribution in [0.1, 0.15) is 32.8 Å². The Morgan fingerprint density at radius 2 is 2.25 bits per heavy atom. The van der Waals surface area contributed by atoms with Gasteiger partial charge in [0.2, 0.25) is 0 Å². The Hall–Kier alpha value is -2.15. The second-order valence-corrected chi connectivity index (χ2v) is 5.02. The van der Waals surface area contributed by atoms with Crippen LogP contribution in [0.3, 0.4) is 0 Å². The average Bonchev–Trinajstić information content (AvgIpc) is 3.04. The number of anilines is 1. The lowest BCUT2D eigenvalue weighted by atomic mass is 10.3. The molecule has 106 valence electrons. The maximum atomic E-state index is 12.2. The van der Waals surface area contributed by atoms with Crippen molar-refractivity contribution in [2.45, 2.75) is 13.3 Å². The average molecular weight is 293 g/mol. The summed E-state index contributed by atoms with van der Waals surface area (Å²) in [4.78, 5) is 24.1. The quantitative estimate of drug-likeness (QED) is 0.876. The molecule has 2 aromatic rings. The minimum Gasteiger partial charge on any atom is -0.465 e. The molecule has 0 radical (unpaired) electrons. The first-order chi connectivity index (χ1) is 9.56. The molecule has 1 N–H and O–H groups in total. The standard InChI is InChI=1S/C13H15N3O3S/c1-4-8-7-10(16(2)15-8)12(17)14-9-5-6-20-11(9)13(18)19-3/h5-7H,4H2,1-3H3,(H,14,17). The summed E-state index contributed by atoms with van der Waals surface area (Å²) in [5, 5.41) is 8.65. The van der Waals surface area contributed by atoms with Crippen LogP contribution in [0.25, 0.3) is 0 Å². The third-order valence-corrected chi connectivity index (χ3v) is 3.70. The third-order valence-electron chi connectivity index (χ3n) is 2.81. The van der Waals surface area contributed by atoms with Gasteiger partial charge < -0.3 is 10.1 Å². The predicted octanol–water partition coefficient (Wildman–Crippen LogP) is 2.08. The number of nitrogens with one attached hydrogen (secondary N) is 1. The zero-order chi connectivity index (χ0) is 14.7. The van der Waals surface area contributed by atoms with E-state index in [4.69, 9.17) is 0 Å². The van der Waals surface area contributed by atoms with Crippen molar-refractivity contribution in [2.75, 3.05) is 12.4 Å². The van der Waals surface area contributed by atoms with Crippen LogP contribution in [0, 0.1) is 0 Å². The Kier molecular flexibility index (Phi) is 4.19. The first-order valence-electron chi connectivity index (χ1n) is 6.06. The van der Waals surface area contributed by atoms with E-state index in [9.17, 15) is 9.59 Å². The summed E-state index contributed by atoms with van der Waals surface area (Å²) in [6.45, 7) is 1.97. The van der Waals surface area contributed by atoms with E-state index in [2.05, 4.69) is 15.2 Å². The minimum absolute atomic E-state index is 0.303. The fraction of sp³-hybridized carbons (Fsp3) is 0.308. The van der Waals surface area contributed by atoms with Gasteiger partial charge >= 0.3 is 5.97 Å². The summed E-state index contributed by atoms with van der Waals surface area (Å²) in [6, 6.07) is 3.41. The number of ether oxygens (including phenoxy) is 1.